The Morgan fingerprint density at radius 2 is 1.93 bits per heavy atom. The van der Waals surface area contributed by atoms with Gasteiger partial charge in [0, 0.05) is 44.0 Å². The van der Waals surface area contributed by atoms with Crippen LogP contribution < -0.4 is 15.1 Å². The van der Waals surface area contributed by atoms with Crippen molar-refractivity contribution in [3.63, 3.8) is 0 Å². The predicted molar refractivity (Wildman–Crippen MR) is 111 cm³/mol. The summed E-state index contributed by atoms with van der Waals surface area (Å²) in [6, 6.07) is 15.0. The van der Waals surface area contributed by atoms with Crippen molar-refractivity contribution in [3.8, 4) is 0 Å². The predicted octanol–water partition coefficient (Wildman–Crippen LogP) is 3.13. The second kappa shape index (κ2) is 8.23. The summed E-state index contributed by atoms with van der Waals surface area (Å²) in [6.45, 7) is 4.50. The van der Waals surface area contributed by atoms with Crippen LogP contribution in [0.2, 0.25) is 0 Å². The van der Waals surface area contributed by atoms with Gasteiger partial charge in [-0.15, -0.1) is 0 Å². The Labute approximate surface area is 170 Å². The first-order valence-corrected chi connectivity index (χ1v) is 10.2. The Bertz CT molecular complexity index is 902. The van der Waals surface area contributed by atoms with E-state index in [0.29, 0.717) is 30.3 Å². The van der Waals surface area contributed by atoms with Crippen LogP contribution in [0.25, 0.3) is 0 Å². The fourth-order valence-electron chi connectivity index (χ4n) is 4.14. The first-order valence-electron chi connectivity index (χ1n) is 10.2. The molecule has 2 heterocycles. The van der Waals surface area contributed by atoms with Crippen molar-refractivity contribution in [1.82, 2.24) is 5.32 Å². The van der Waals surface area contributed by atoms with Gasteiger partial charge < -0.3 is 15.1 Å². The first-order chi connectivity index (χ1) is 14.0. The molecule has 2 atom stereocenters. The summed E-state index contributed by atoms with van der Waals surface area (Å²) in [5, 5.41) is 3.03. The van der Waals surface area contributed by atoms with Crippen molar-refractivity contribution in [1.29, 1.82) is 0 Å². The number of nitrogens with one attached hydrogen (secondary N) is 1. The molecule has 2 saturated heterocycles. The molecule has 0 aromatic heterocycles. The number of hydrogen-bond acceptors (Lipinski definition) is 3. The Morgan fingerprint density at radius 3 is 2.69 bits per heavy atom. The lowest BCUT2D eigenvalue weighted by Gasteiger charge is -2.19. The van der Waals surface area contributed by atoms with E-state index in [1.807, 2.05) is 18.2 Å². The summed E-state index contributed by atoms with van der Waals surface area (Å²) in [6.07, 6.45) is 1.20. The van der Waals surface area contributed by atoms with E-state index in [1.165, 1.54) is 16.7 Å². The number of para-hydroxylation sites is 1. The molecule has 2 aliphatic heterocycles. The lowest BCUT2D eigenvalue weighted by molar-refractivity contribution is -0.126. The minimum atomic E-state index is -0.390. The van der Waals surface area contributed by atoms with Crippen LogP contribution in [-0.4, -0.2) is 38.0 Å². The van der Waals surface area contributed by atoms with Gasteiger partial charge in [0.25, 0.3) is 0 Å². The number of hydrogen-bond donors (Lipinski definition) is 1. The van der Waals surface area contributed by atoms with Crippen molar-refractivity contribution in [2.24, 2.45) is 11.8 Å². The van der Waals surface area contributed by atoms with Gasteiger partial charge in [-0.1, -0.05) is 24.3 Å². The lowest BCUT2D eigenvalue weighted by atomic mass is 10.1. The van der Waals surface area contributed by atoms with Crippen molar-refractivity contribution in [2.45, 2.75) is 19.8 Å². The SMILES string of the molecule is Cc1ccc(N2C[C@H](C(=O)NC[C@@H]3CCN(c4ccccc4)C3)CC2=O)cc1F. The Kier molecular flexibility index (Phi) is 5.51. The quantitative estimate of drug-likeness (QED) is 0.846. The van der Waals surface area contributed by atoms with E-state index in [4.69, 9.17) is 0 Å². The number of benzene rings is 2. The minimum Gasteiger partial charge on any atom is -0.371 e. The molecule has 2 aromatic carbocycles. The zero-order valence-corrected chi connectivity index (χ0v) is 16.6. The van der Waals surface area contributed by atoms with E-state index >= 15 is 0 Å². The first kappa shape index (κ1) is 19.4. The highest BCUT2D eigenvalue weighted by Gasteiger charge is 2.35. The van der Waals surface area contributed by atoms with E-state index < -0.39 is 5.92 Å². The van der Waals surface area contributed by atoms with E-state index in [9.17, 15) is 14.0 Å². The molecule has 0 saturated carbocycles. The zero-order valence-electron chi connectivity index (χ0n) is 16.6. The van der Waals surface area contributed by atoms with E-state index in [1.54, 1.807) is 19.1 Å². The molecule has 2 fully saturated rings. The molecule has 2 amide bonds. The van der Waals surface area contributed by atoms with Crippen LogP contribution in [0, 0.1) is 24.6 Å². The van der Waals surface area contributed by atoms with Crippen LogP contribution in [0.4, 0.5) is 15.8 Å². The third kappa shape index (κ3) is 4.26. The number of amides is 2. The molecule has 2 aliphatic rings. The topological polar surface area (TPSA) is 52.7 Å². The highest BCUT2D eigenvalue weighted by molar-refractivity contribution is 6.00. The van der Waals surface area contributed by atoms with Crippen LogP contribution in [-0.2, 0) is 9.59 Å². The fourth-order valence-corrected chi connectivity index (χ4v) is 4.14. The molecule has 0 unspecified atom stereocenters. The molecule has 29 heavy (non-hydrogen) atoms. The molecule has 0 spiro atoms. The summed E-state index contributed by atoms with van der Waals surface area (Å²) in [7, 11) is 0. The van der Waals surface area contributed by atoms with Crippen LogP contribution >= 0.6 is 0 Å². The van der Waals surface area contributed by atoms with Gasteiger partial charge in [0.15, 0.2) is 0 Å². The van der Waals surface area contributed by atoms with Gasteiger partial charge in [-0.3, -0.25) is 9.59 Å². The monoisotopic (exact) mass is 395 g/mol. The molecule has 2 aromatic rings. The Balaban J connectivity index is 1.29. The Hall–Kier alpha value is -2.89. The minimum absolute atomic E-state index is 0.0911. The van der Waals surface area contributed by atoms with Gasteiger partial charge in [-0.25, -0.2) is 4.39 Å². The maximum atomic E-state index is 13.8. The average Bonchev–Trinajstić information content (AvgIpc) is 3.36. The van der Waals surface area contributed by atoms with E-state index in [-0.39, 0.29) is 24.1 Å². The van der Waals surface area contributed by atoms with Gasteiger partial charge in [0.2, 0.25) is 11.8 Å². The van der Waals surface area contributed by atoms with Crippen LogP contribution in [0.1, 0.15) is 18.4 Å². The number of halogens is 1. The molecular formula is C23H26FN3O2. The summed E-state index contributed by atoms with van der Waals surface area (Å²) < 4.78 is 13.8. The third-order valence-electron chi connectivity index (χ3n) is 5.94. The van der Waals surface area contributed by atoms with Crippen molar-refractivity contribution in [3.05, 3.63) is 59.9 Å². The van der Waals surface area contributed by atoms with Crippen LogP contribution in [0.5, 0.6) is 0 Å². The number of rotatable bonds is 5. The summed E-state index contributed by atoms with van der Waals surface area (Å²) in [5.74, 6) is -0.555. The smallest absolute Gasteiger partial charge is 0.227 e. The van der Waals surface area contributed by atoms with Crippen molar-refractivity contribution < 1.29 is 14.0 Å². The van der Waals surface area contributed by atoms with Gasteiger partial charge in [-0.2, -0.15) is 0 Å². The standard InChI is InChI=1S/C23H26FN3O2/c1-16-7-8-20(12-21(16)24)27-15-18(11-22(27)28)23(29)25-13-17-9-10-26(14-17)19-5-3-2-4-6-19/h2-8,12,17-18H,9-11,13-15H2,1H3,(H,25,29)/t17-,18+/m0/s1. The third-order valence-corrected chi connectivity index (χ3v) is 5.94. The largest absolute Gasteiger partial charge is 0.371 e. The average molecular weight is 395 g/mol. The van der Waals surface area contributed by atoms with Crippen LogP contribution in [0.3, 0.4) is 0 Å². The number of nitrogens with zero attached hydrogens (tertiary/aromatic N) is 2. The van der Waals surface area contributed by atoms with Gasteiger partial charge >= 0.3 is 0 Å². The molecule has 5 nitrogen and oxygen atoms in total. The van der Waals surface area contributed by atoms with Crippen molar-refractivity contribution in [2.75, 3.05) is 36.0 Å². The molecule has 152 valence electrons. The number of anilines is 2. The van der Waals surface area contributed by atoms with Gasteiger partial charge in [0.05, 0.1) is 5.92 Å². The van der Waals surface area contributed by atoms with E-state index in [2.05, 4.69) is 22.3 Å². The molecule has 0 aliphatic carbocycles. The summed E-state index contributed by atoms with van der Waals surface area (Å²) in [5.41, 5.74) is 2.27. The maximum Gasteiger partial charge on any atom is 0.227 e. The highest BCUT2D eigenvalue weighted by atomic mass is 19.1. The number of carbonyl (C=O) groups excluding carboxylic acids is 2. The molecule has 4 rings (SSSR count). The van der Waals surface area contributed by atoms with Gasteiger partial charge in [0.1, 0.15) is 5.82 Å². The highest BCUT2D eigenvalue weighted by Crippen LogP contribution is 2.27. The number of carbonyl (C=O) groups is 2. The fraction of sp³-hybridized carbons (Fsp3) is 0.391. The summed E-state index contributed by atoms with van der Waals surface area (Å²) in [4.78, 5) is 28.8. The maximum absolute atomic E-state index is 13.8. The van der Waals surface area contributed by atoms with Crippen LogP contribution in [0.15, 0.2) is 48.5 Å². The number of aryl methyl sites for hydroxylation is 1. The molecule has 6 heteroatoms. The summed E-state index contributed by atoms with van der Waals surface area (Å²) >= 11 is 0. The van der Waals surface area contributed by atoms with Crippen molar-refractivity contribution >= 4 is 23.2 Å². The van der Waals surface area contributed by atoms with E-state index in [0.717, 1.165) is 19.5 Å². The molecule has 0 bridgehead atoms. The normalized spacial score (nSPS) is 21.7. The van der Waals surface area contributed by atoms with Gasteiger partial charge in [-0.05, 0) is 49.1 Å². The Morgan fingerprint density at radius 1 is 1.14 bits per heavy atom. The molecular weight excluding hydrogens is 369 g/mol. The molecule has 1 N–H and O–H groups in total. The second-order valence-corrected chi connectivity index (χ2v) is 8.02. The molecule has 0 radical (unpaired) electrons. The lowest BCUT2D eigenvalue weighted by Crippen LogP contribution is -2.36. The second-order valence-electron chi connectivity index (χ2n) is 8.02. The zero-order chi connectivity index (χ0) is 20.4.